The molecule has 2 N–H and O–H groups in total. The number of benzene rings is 1. The Kier molecular flexibility index (Phi) is 5.31. The van der Waals surface area contributed by atoms with E-state index >= 15 is 0 Å². The van der Waals surface area contributed by atoms with Crippen LogP contribution in [0.2, 0.25) is 0 Å². The van der Waals surface area contributed by atoms with Crippen LogP contribution >= 0.6 is 0 Å². The van der Waals surface area contributed by atoms with E-state index in [0.29, 0.717) is 19.7 Å². The third-order valence-corrected chi connectivity index (χ3v) is 3.38. The Morgan fingerprint density at radius 3 is 3.10 bits per heavy atom. The number of ether oxygens (including phenoxy) is 1. The predicted octanol–water partition coefficient (Wildman–Crippen LogP) is 0.224. The van der Waals surface area contributed by atoms with Crippen LogP contribution in [0.15, 0.2) is 24.3 Å². The zero-order valence-electron chi connectivity index (χ0n) is 11.6. The van der Waals surface area contributed by atoms with Gasteiger partial charge in [0.15, 0.2) is 11.6 Å². The molecule has 0 aromatic heterocycles. The molecular formula is C14H20FN3O2. The van der Waals surface area contributed by atoms with E-state index in [2.05, 4.69) is 15.5 Å². The van der Waals surface area contributed by atoms with Crippen LogP contribution in [0.4, 0.5) is 4.39 Å². The lowest BCUT2D eigenvalue weighted by Gasteiger charge is -2.34. The quantitative estimate of drug-likeness (QED) is 0.811. The van der Waals surface area contributed by atoms with E-state index in [-0.39, 0.29) is 23.5 Å². The summed E-state index contributed by atoms with van der Waals surface area (Å²) in [6.45, 7) is 3.19. The third kappa shape index (κ3) is 3.68. The van der Waals surface area contributed by atoms with Crippen LogP contribution in [-0.2, 0) is 4.79 Å². The molecule has 1 heterocycles. The number of halogens is 1. The van der Waals surface area contributed by atoms with Gasteiger partial charge in [0.2, 0.25) is 5.91 Å². The first-order valence-corrected chi connectivity index (χ1v) is 6.76. The van der Waals surface area contributed by atoms with Gasteiger partial charge >= 0.3 is 0 Å². The van der Waals surface area contributed by atoms with Gasteiger partial charge in [-0.05, 0) is 12.1 Å². The maximum Gasteiger partial charge on any atom is 0.238 e. The molecule has 5 nitrogen and oxygen atoms in total. The van der Waals surface area contributed by atoms with Gasteiger partial charge in [0.05, 0.1) is 0 Å². The Morgan fingerprint density at radius 1 is 1.55 bits per heavy atom. The topological polar surface area (TPSA) is 53.6 Å². The summed E-state index contributed by atoms with van der Waals surface area (Å²) in [6, 6.07) is 6.13. The summed E-state index contributed by atoms with van der Waals surface area (Å²) >= 11 is 0. The highest BCUT2D eigenvalue weighted by atomic mass is 19.1. The SMILES string of the molecule is CNC(=O)C1CNCCN1CCOc1ccccc1F. The summed E-state index contributed by atoms with van der Waals surface area (Å²) in [4.78, 5) is 13.8. The van der Waals surface area contributed by atoms with Crippen LogP contribution in [0.1, 0.15) is 0 Å². The molecule has 1 aliphatic heterocycles. The van der Waals surface area contributed by atoms with E-state index in [0.717, 1.165) is 13.1 Å². The predicted molar refractivity (Wildman–Crippen MR) is 74.2 cm³/mol. The Bertz CT molecular complexity index is 456. The van der Waals surface area contributed by atoms with E-state index < -0.39 is 0 Å². The Morgan fingerprint density at radius 2 is 2.35 bits per heavy atom. The summed E-state index contributed by atoms with van der Waals surface area (Å²) in [7, 11) is 1.63. The number of nitrogens with zero attached hydrogens (tertiary/aromatic N) is 1. The smallest absolute Gasteiger partial charge is 0.238 e. The van der Waals surface area contributed by atoms with Crippen molar-refractivity contribution in [3.8, 4) is 5.75 Å². The minimum Gasteiger partial charge on any atom is -0.489 e. The molecule has 1 aromatic rings. The zero-order chi connectivity index (χ0) is 14.4. The lowest BCUT2D eigenvalue weighted by molar-refractivity contribution is -0.126. The summed E-state index contributed by atoms with van der Waals surface area (Å²) in [6.07, 6.45) is 0. The fourth-order valence-electron chi connectivity index (χ4n) is 2.27. The van der Waals surface area contributed by atoms with E-state index in [1.54, 1.807) is 25.2 Å². The number of rotatable bonds is 5. The van der Waals surface area contributed by atoms with Gasteiger partial charge in [-0.25, -0.2) is 4.39 Å². The third-order valence-electron chi connectivity index (χ3n) is 3.38. The minimum atomic E-state index is -0.365. The second-order valence-corrected chi connectivity index (χ2v) is 4.65. The number of nitrogens with one attached hydrogen (secondary N) is 2. The fourth-order valence-corrected chi connectivity index (χ4v) is 2.27. The van der Waals surface area contributed by atoms with Gasteiger partial charge in [0.1, 0.15) is 12.6 Å². The van der Waals surface area contributed by atoms with Crippen LogP contribution < -0.4 is 15.4 Å². The lowest BCUT2D eigenvalue weighted by atomic mass is 10.2. The molecule has 1 saturated heterocycles. The van der Waals surface area contributed by atoms with Gasteiger partial charge in [0.25, 0.3) is 0 Å². The van der Waals surface area contributed by atoms with Crippen molar-refractivity contribution in [2.45, 2.75) is 6.04 Å². The standard InChI is InChI=1S/C14H20FN3O2/c1-16-14(19)12-10-17-6-7-18(12)8-9-20-13-5-3-2-4-11(13)15/h2-5,12,17H,6-10H2,1H3,(H,16,19). The number of amides is 1. The van der Waals surface area contributed by atoms with Crippen LogP contribution in [-0.4, -0.2) is 56.7 Å². The number of hydrogen-bond acceptors (Lipinski definition) is 4. The molecule has 0 radical (unpaired) electrons. The van der Waals surface area contributed by atoms with Crippen molar-refractivity contribution < 1.29 is 13.9 Å². The monoisotopic (exact) mass is 281 g/mol. The molecule has 0 aliphatic carbocycles. The molecule has 1 atom stereocenters. The van der Waals surface area contributed by atoms with Gasteiger partial charge in [-0.15, -0.1) is 0 Å². The van der Waals surface area contributed by atoms with Gasteiger partial charge in [-0.1, -0.05) is 12.1 Å². The first kappa shape index (κ1) is 14.7. The summed E-state index contributed by atoms with van der Waals surface area (Å²) < 4.78 is 18.8. The van der Waals surface area contributed by atoms with Crippen LogP contribution in [0, 0.1) is 5.82 Å². The average Bonchev–Trinajstić information content (AvgIpc) is 2.49. The zero-order valence-corrected chi connectivity index (χ0v) is 11.6. The molecule has 0 saturated carbocycles. The van der Waals surface area contributed by atoms with Gasteiger partial charge in [-0.2, -0.15) is 0 Å². The molecule has 6 heteroatoms. The number of likely N-dealkylation sites (N-methyl/N-ethyl adjacent to an activating group) is 1. The highest BCUT2D eigenvalue weighted by Gasteiger charge is 2.27. The molecule has 1 amide bonds. The van der Waals surface area contributed by atoms with Gasteiger partial charge < -0.3 is 15.4 Å². The Labute approximate surface area is 118 Å². The van der Waals surface area contributed by atoms with Crippen molar-refractivity contribution in [1.29, 1.82) is 0 Å². The number of hydrogen-bond donors (Lipinski definition) is 2. The normalized spacial score (nSPS) is 19.6. The van der Waals surface area contributed by atoms with E-state index in [4.69, 9.17) is 4.74 Å². The summed E-state index contributed by atoms with van der Waals surface area (Å²) in [5.74, 6) is -0.127. The highest BCUT2D eigenvalue weighted by molar-refractivity contribution is 5.81. The summed E-state index contributed by atoms with van der Waals surface area (Å²) in [5.41, 5.74) is 0. The largest absolute Gasteiger partial charge is 0.489 e. The van der Waals surface area contributed by atoms with Gasteiger partial charge in [-0.3, -0.25) is 9.69 Å². The highest BCUT2D eigenvalue weighted by Crippen LogP contribution is 2.15. The van der Waals surface area contributed by atoms with Crippen molar-refractivity contribution in [1.82, 2.24) is 15.5 Å². The van der Waals surface area contributed by atoms with Gasteiger partial charge in [0, 0.05) is 33.2 Å². The van der Waals surface area contributed by atoms with Crippen LogP contribution in [0.25, 0.3) is 0 Å². The second kappa shape index (κ2) is 7.21. The first-order valence-electron chi connectivity index (χ1n) is 6.76. The minimum absolute atomic E-state index is 0.0110. The molecule has 1 aliphatic rings. The van der Waals surface area contributed by atoms with Crippen molar-refractivity contribution in [3.63, 3.8) is 0 Å². The number of carbonyl (C=O) groups excluding carboxylic acids is 1. The molecule has 1 aromatic carbocycles. The number of piperazine rings is 1. The molecule has 1 fully saturated rings. The first-order chi connectivity index (χ1) is 9.72. The van der Waals surface area contributed by atoms with Crippen molar-refractivity contribution in [2.75, 3.05) is 39.8 Å². The Hall–Kier alpha value is -1.66. The maximum absolute atomic E-state index is 13.4. The van der Waals surface area contributed by atoms with E-state index in [1.807, 2.05) is 0 Å². The second-order valence-electron chi connectivity index (χ2n) is 4.65. The van der Waals surface area contributed by atoms with Crippen LogP contribution in [0.3, 0.4) is 0 Å². The molecule has 110 valence electrons. The molecule has 0 spiro atoms. The lowest BCUT2D eigenvalue weighted by Crippen LogP contribution is -2.58. The number of para-hydroxylation sites is 1. The maximum atomic E-state index is 13.4. The van der Waals surface area contributed by atoms with Crippen LogP contribution in [0.5, 0.6) is 5.75 Å². The van der Waals surface area contributed by atoms with E-state index in [1.165, 1.54) is 6.07 Å². The molecule has 1 unspecified atom stereocenters. The van der Waals surface area contributed by atoms with Crippen molar-refractivity contribution >= 4 is 5.91 Å². The molecule has 2 rings (SSSR count). The van der Waals surface area contributed by atoms with Crippen molar-refractivity contribution in [2.24, 2.45) is 0 Å². The van der Waals surface area contributed by atoms with Crippen molar-refractivity contribution in [3.05, 3.63) is 30.1 Å². The molecule has 20 heavy (non-hydrogen) atoms. The molecular weight excluding hydrogens is 261 g/mol. The summed E-state index contributed by atoms with van der Waals surface area (Å²) in [5, 5.41) is 5.85. The van der Waals surface area contributed by atoms with E-state index in [9.17, 15) is 9.18 Å². The fraction of sp³-hybridized carbons (Fsp3) is 0.500. The average molecular weight is 281 g/mol. The Balaban J connectivity index is 1.85. The molecule has 0 bridgehead atoms. The number of carbonyl (C=O) groups is 1.